The largest absolute Gasteiger partial charge is 0.356 e. The van der Waals surface area contributed by atoms with Crippen LogP contribution < -0.4 is 5.32 Å². The van der Waals surface area contributed by atoms with Crippen molar-refractivity contribution in [1.29, 1.82) is 0 Å². The summed E-state index contributed by atoms with van der Waals surface area (Å²) in [6, 6.07) is 10.3. The molecule has 0 saturated carbocycles. The zero-order valence-electron chi connectivity index (χ0n) is 15.4. The second-order valence-electron chi connectivity index (χ2n) is 6.34. The monoisotopic (exact) mass is 422 g/mol. The molecule has 150 valence electrons. The van der Waals surface area contributed by atoms with Crippen LogP contribution in [0, 0.1) is 0 Å². The minimum absolute atomic E-state index is 0.0601. The summed E-state index contributed by atoms with van der Waals surface area (Å²) in [5.41, 5.74) is 0.765. The molecule has 2 amide bonds. The maximum Gasteiger partial charge on any atom is 0.270 e. The van der Waals surface area contributed by atoms with Crippen LogP contribution in [0.15, 0.2) is 47.5 Å². The highest BCUT2D eigenvalue weighted by Crippen LogP contribution is 2.21. The quantitative estimate of drug-likeness (QED) is 0.734. The molecule has 2 N–H and O–H groups in total. The predicted octanol–water partition coefficient (Wildman–Crippen LogP) is 1.46. The van der Waals surface area contributed by atoms with Crippen LogP contribution in [-0.2, 0) is 14.8 Å². The first-order chi connectivity index (χ1) is 13.4. The predicted molar refractivity (Wildman–Crippen MR) is 109 cm³/mol. The molecule has 1 aliphatic heterocycles. The lowest BCUT2D eigenvalue weighted by atomic mass is 10.3. The van der Waals surface area contributed by atoms with Crippen molar-refractivity contribution in [3.8, 4) is 0 Å². The van der Waals surface area contributed by atoms with Crippen LogP contribution in [0.3, 0.4) is 0 Å². The Morgan fingerprint density at radius 2 is 1.89 bits per heavy atom. The Balaban J connectivity index is 1.63. The third-order valence-corrected chi connectivity index (χ3v) is 7.10. The Morgan fingerprint density at radius 1 is 1.21 bits per heavy atom. The van der Waals surface area contributed by atoms with E-state index in [0.29, 0.717) is 18.8 Å². The number of carbonyl (C=O) groups is 2. The molecule has 0 spiro atoms. The SMILES string of the molecule is CN(CC(=O)Nc1ccccc1)C(=O)c1cc(S(=O)(=O)N2CCSCC2)c[nH]1. The summed E-state index contributed by atoms with van der Waals surface area (Å²) < 4.78 is 26.8. The summed E-state index contributed by atoms with van der Waals surface area (Å²) in [6.07, 6.45) is 1.32. The van der Waals surface area contributed by atoms with Gasteiger partial charge in [-0.25, -0.2) is 8.42 Å². The highest BCUT2D eigenvalue weighted by Gasteiger charge is 2.28. The van der Waals surface area contributed by atoms with E-state index in [-0.39, 0.29) is 23.0 Å². The number of rotatable bonds is 6. The van der Waals surface area contributed by atoms with E-state index in [9.17, 15) is 18.0 Å². The number of amides is 2. The molecule has 8 nitrogen and oxygen atoms in total. The first kappa shape index (κ1) is 20.4. The Kier molecular flexibility index (Phi) is 6.42. The van der Waals surface area contributed by atoms with Gasteiger partial charge in [-0.05, 0) is 18.2 Å². The minimum atomic E-state index is -3.63. The van der Waals surface area contributed by atoms with E-state index in [1.807, 2.05) is 6.07 Å². The van der Waals surface area contributed by atoms with Crippen molar-refractivity contribution >= 4 is 39.3 Å². The average Bonchev–Trinajstić information content (AvgIpc) is 3.19. The summed E-state index contributed by atoms with van der Waals surface area (Å²) in [7, 11) is -2.14. The Labute approximate surface area is 168 Å². The van der Waals surface area contributed by atoms with Crippen molar-refractivity contribution in [3.05, 3.63) is 48.3 Å². The molecule has 1 aliphatic rings. The standard InChI is InChI=1S/C18H22N4O4S2/c1-21(13-17(23)20-14-5-3-2-4-6-14)18(24)16-11-15(12-19-16)28(25,26)22-7-9-27-10-8-22/h2-6,11-12,19H,7-10,13H2,1H3,(H,20,23). The highest BCUT2D eigenvalue weighted by molar-refractivity contribution is 7.99. The molecule has 1 aromatic carbocycles. The van der Waals surface area contributed by atoms with Gasteiger partial charge < -0.3 is 15.2 Å². The van der Waals surface area contributed by atoms with E-state index in [0.717, 1.165) is 11.5 Å². The summed E-state index contributed by atoms with van der Waals surface area (Å²) in [5.74, 6) is 0.717. The summed E-state index contributed by atoms with van der Waals surface area (Å²) in [5, 5.41) is 2.70. The van der Waals surface area contributed by atoms with Crippen molar-refractivity contribution < 1.29 is 18.0 Å². The Bertz CT molecular complexity index is 938. The van der Waals surface area contributed by atoms with Crippen LogP contribution in [0.25, 0.3) is 0 Å². The second kappa shape index (κ2) is 8.80. The zero-order valence-corrected chi connectivity index (χ0v) is 17.1. The number of likely N-dealkylation sites (N-methyl/N-ethyl adjacent to an activating group) is 1. The molecule has 0 bridgehead atoms. The molecule has 28 heavy (non-hydrogen) atoms. The van der Waals surface area contributed by atoms with Gasteiger partial charge in [-0.2, -0.15) is 16.1 Å². The van der Waals surface area contributed by atoms with Crippen molar-refractivity contribution in [2.75, 3.05) is 43.5 Å². The van der Waals surface area contributed by atoms with Crippen molar-refractivity contribution in [1.82, 2.24) is 14.2 Å². The van der Waals surface area contributed by atoms with Gasteiger partial charge in [0, 0.05) is 43.5 Å². The number of aromatic nitrogens is 1. The number of nitrogens with zero attached hydrogens (tertiary/aromatic N) is 2. The van der Waals surface area contributed by atoms with Gasteiger partial charge >= 0.3 is 0 Å². The number of hydrogen-bond acceptors (Lipinski definition) is 5. The highest BCUT2D eigenvalue weighted by atomic mass is 32.2. The molecular weight excluding hydrogens is 400 g/mol. The van der Waals surface area contributed by atoms with Crippen molar-refractivity contribution in [2.24, 2.45) is 0 Å². The molecule has 2 heterocycles. The zero-order chi connectivity index (χ0) is 20.1. The number of aromatic amines is 1. The van der Waals surface area contributed by atoms with E-state index < -0.39 is 15.9 Å². The fourth-order valence-corrected chi connectivity index (χ4v) is 5.37. The molecule has 1 saturated heterocycles. The fraction of sp³-hybridized carbons (Fsp3) is 0.333. The lowest BCUT2D eigenvalue weighted by molar-refractivity contribution is -0.116. The van der Waals surface area contributed by atoms with E-state index in [2.05, 4.69) is 10.3 Å². The van der Waals surface area contributed by atoms with Crippen molar-refractivity contribution in [2.45, 2.75) is 4.90 Å². The number of carbonyl (C=O) groups excluding carboxylic acids is 2. The van der Waals surface area contributed by atoms with Gasteiger partial charge in [0.05, 0.1) is 6.54 Å². The minimum Gasteiger partial charge on any atom is -0.356 e. The van der Waals surface area contributed by atoms with E-state index >= 15 is 0 Å². The molecule has 0 atom stereocenters. The fourth-order valence-electron chi connectivity index (χ4n) is 2.80. The number of sulfonamides is 1. The number of thioether (sulfide) groups is 1. The van der Waals surface area contributed by atoms with Crippen LogP contribution in [0.4, 0.5) is 5.69 Å². The number of anilines is 1. The van der Waals surface area contributed by atoms with Crippen LogP contribution in [0.5, 0.6) is 0 Å². The topological polar surface area (TPSA) is 103 Å². The van der Waals surface area contributed by atoms with Crippen LogP contribution in [-0.4, -0.2) is 72.6 Å². The number of nitrogens with one attached hydrogen (secondary N) is 2. The second-order valence-corrected chi connectivity index (χ2v) is 9.50. The Morgan fingerprint density at radius 3 is 2.57 bits per heavy atom. The lowest BCUT2D eigenvalue weighted by Gasteiger charge is -2.24. The molecule has 0 unspecified atom stereocenters. The van der Waals surface area contributed by atoms with Gasteiger partial charge in [-0.15, -0.1) is 0 Å². The van der Waals surface area contributed by atoms with Gasteiger partial charge in [0.2, 0.25) is 15.9 Å². The first-order valence-corrected chi connectivity index (χ1v) is 11.3. The average molecular weight is 423 g/mol. The normalized spacial score (nSPS) is 15.2. The van der Waals surface area contributed by atoms with Gasteiger partial charge in [0.1, 0.15) is 10.6 Å². The molecule has 10 heteroatoms. The molecular formula is C18H22N4O4S2. The third-order valence-electron chi connectivity index (χ3n) is 4.28. The summed E-state index contributed by atoms with van der Waals surface area (Å²) in [4.78, 5) is 28.7. The van der Waals surface area contributed by atoms with Crippen LogP contribution in [0.1, 0.15) is 10.5 Å². The number of H-pyrrole nitrogens is 1. The van der Waals surface area contributed by atoms with Gasteiger partial charge in [-0.3, -0.25) is 9.59 Å². The molecule has 1 fully saturated rings. The summed E-state index contributed by atoms with van der Waals surface area (Å²) >= 11 is 1.72. The smallest absolute Gasteiger partial charge is 0.270 e. The maximum absolute atomic E-state index is 12.7. The number of hydrogen-bond donors (Lipinski definition) is 2. The molecule has 0 radical (unpaired) electrons. The van der Waals surface area contributed by atoms with E-state index in [1.54, 1.807) is 36.0 Å². The molecule has 0 aliphatic carbocycles. The molecule has 1 aromatic heterocycles. The summed E-state index contributed by atoms with van der Waals surface area (Å²) in [6.45, 7) is 0.764. The van der Waals surface area contributed by atoms with Gasteiger partial charge in [0.15, 0.2) is 0 Å². The van der Waals surface area contributed by atoms with Crippen molar-refractivity contribution in [3.63, 3.8) is 0 Å². The third kappa shape index (κ3) is 4.75. The molecule has 3 rings (SSSR count). The van der Waals surface area contributed by atoms with Crippen LogP contribution in [0.2, 0.25) is 0 Å². The maximum atomic E-state index is 12.7. The van der Waals surface area contributed by atoms with Crippen LogP contribution >= 0.6 is 11.8 Å². The number of para-hydroxylation sites is 1. The van der Waals surface area contributed by atoms with Gasteiger partial charge in [0.25, 0.3) is 5.91 Å². The molecule has 2 aromatic rings. The lowest BCUT2D eigenvalue weighted by Crippen LogP contribution is -2.37. The Hall–Kier alpha value is -2.30. The van der Waals surface area contributed by atoms with Gasteiger partial charge in [-0.1, -0.05) is 18.2 Å². The van der Waals surface area contributed by atoms with E-state index in [1.165, 1.54) is 28.5 Å². The first-order valence-electron chi connectivity index (χ1n) is 8.74. The number of benzene rings is 1. The van der Waals surface area contributed by atoms with E-state index in [4.69, 9.17) is 0 Å².